The van der Waals surface area contributed by atoms with E-state index in [0.29, 0.717) is 30.3 Å². The number of halogens is 1. The lowest BCUT2D eigenvalue weighted by atomic mass is 9.86. The zero-order valence-corrected chi connectivity index (χ0v) is 22.4. The summed E-state index contributed by atoms with van der Waals surface area (Å²) in [5, 5.41) is 0. The summed E-state index contributed by atoms with van der Waals surface area (Å²) in [6, 6.07) is 6.45. The minimum absolute atomic E-state index is 0.169. The van der Waals surface area contributed by atoms with Gasteiger partial charge in [0, 0.05) is 50.7 Å². The van der Waals surface area contributed by atoms with Crippen molar-refractivity contribution in [1.82, 2.24) is 14.9 Å². The van der Waals surface area contributed by atoms with E-state index in [1.165, 1.54) is 12.1 Å². The topological polar surface area (TPSA) is 73.8 Å². The average Bonchev–Trinajstić information content (AvgIpc) is 2.84. The molecule has 35 heavy (non-hydrogen) atoms. The third kappa shape index (κ3) is 8.25. The van der Waals surface area contributed by atoms with E-state index in [4.69, 9.17) is 9.72 Å². The van der Waals surface area contributed by atoms with Gasteiger partial charge in [-0.2, -0.15) is 0 Å². The predicted octanol–water partition coefficient (Wildman–Crippen LogP) is 4.44. The molecular weight excluding hydrogens is 445 g/mol. The number of rotatable bonds is 8. The highest BCUT2D eigenvalue weighted by molar-refractivity contribution is 6.03. The van der Waals surface area contributed by atoms with Crippen molar-refractivity contribution < 1.29 is 9.13 Å². The van der Waals surface area contributed by atoms with Gasteiger partial charge in [-0.15, -0.1) is 0 Å². The fourth-order valence-corrected chi connectivity index (χ4v) is 4.08. The Morgan fingerprint density at radius 3 is 2.40 bits per heavy atom. The Morgan fingerprint density at radius 1 is 1.20 bits per heavy atom. The first-order valence-electron chi connectivity index (χ1n) is 12.6. The van der Waals surface area contributed by atoms with Crippen molar-refractivity contribution in [2.24, 2.45) is 10.4 Å². The van der Waals surface area contributed by atoms with Crippen LogP contribution in [0.5, 0.6) is 0 Å². The molecule has 0 spiro atoms. The van der Waals surface area contributed by atoms with E-state index in [0.717, 1.165) is 50.5 Å². The highest BCUT2D eigenvalue weighted by Crippen LogP contribution is 2.23. The van der Waals surface area contributed by atoms with Gasteiger partial charge in [-0.05, 0) is 31.0 Å². The van der Waals surface area contributed by atoms with Crippen LogP contribution in [0.15, 0.2) is 34.1 Å². The summed E-state index contributed by atoms with van der Waals surface area (Å²) in [5.41, 5.74) is 2.51. The third-order valence-electron chi connectivity index (χ3n) is 5.89. The molecule has 0 atom stereocenters. The van der Waals surface area contributed by atoms with E-state index in [9.17, 15) is 9.18 Å². The van der Waals surface area contributed by atoms with E-state index in [2.05, 4.69) is 40.5 Å². The van der Waals surface area contributed by atoms with Crippen LogP contribution < -0.4 is 10.5 Å². The second-order valence-electron chi connectivity index (χ2n) is 9.54. The fourth-order valence-electron chi connectivity index (χ4n) is 4.08. The number of aliphatic imine (C=N–C) groups is 1. The third-order valence-corrected chi connectivity index (χ3v) is 5.89. The van der Waals surface area contributed by atoms with Crippen molar-refractivity contribution >= 4 is 11.7 Å². The first-order chi connectivity index (χ1) is 16.7. The van der Waals surface area contributed by atoms with Crippen LogP contribution >= 0.6 is 0 Å². The Balaban J connectivity index is 0.00000210. The number of nitrogens with zero attached hydrogens (tertiary/aromatic N) is 4. The molecule has 0 saturated carbocycles. The van der Waals surface area contributed by atoms with Crippen molar-refractivity contribution in [3.63, 3.8) is 0 Å². The highest BCUT2D eigenvalue weighted by Gasteiger charge is 2.25. The fraction of sp³-hybridized carbons (Fsp3) is 0.593. The zero-order valence-electron chi connectivity index (χ0n) is 22.4. The molecule has 2 aromatic rings. The molecule has 1 aromatic heterocycles. The molecule has 8 heteroatoms. The first-order valence-corrected chi connectivity index (χ1v) is 12.6. The van der Waals surface area contributed by atoms with Crippen molar-refractivity contribution in [3.8, 4) is 0 Å². The second-order valence-corrected chi connectivity index (χ2v) is 9.54. The molecule has 1 aliphatic rings. The lowest BCUT2D eigenvalue weighted by molar-refractivity contribution is 0.0376. The monoisotopic (exact) mass is 487 g/mol. The Bertz CT molecular complexity index is 1010. The summed E-state index contributed by atoms with van der Waals surface area (Å²) in [5.74, 6) is 0.244. The number of nitrogens with one attached hydrogen (secondary N) is 1. The Labute approximate surface area is 209 Å². The minimum Gasteiger partial charge on any atom is -0.379 e. The Morgan fingerprint density at radius 2 is 1.83 bits per heavy atom. The maximum atomic E-state index is 13.4. The summed E-state index contributed by atoms with van der Waals surface area (Å²) >= 11 is 0. The smallest absolute Gasteiger partial charge is 0.255 e. The normalized spacial score (nSPS) is 14.9. The van der Waals surface area contributed by atoms with Crippen LogP contribution in [0.3, 0.4) is 0 Å². The molecule has 0 radical (unpaired) electrons. The summed E-state index contributed by atoms with van der Waals surface area (Å²) in [7, 11) is 1.74. The molecule has 1 fully saturated rings. The standard InChI is InChI=1S/C25H36FN5O2.C2H6/c1-18-21(22(27-5)25(2,3)4)28-24(29-23(18)32)31(17-19-7-9-20(26)10-8-19)12-6-11-30-13-15-33-16-14-30;1-2/h7-10H,6,11-17H2,1-5H3,(H,28,29,32);1-2H3. The van der Waals surface area contributed by atoms with Crippen LogP contribution in [0.1, 0.15) is 57.9 Å². The van der Waals surface area contributed by atoms with Gasteiger partial charge < -0.3 is 9.64 Å². The van der Waals surface area contributed by atoms with Crippen molar-refractivity contribution in [1.29, 1.82) is 0 Å². The van der Waals surface area contributed by atoms with Gasteiger partial charge in [0.2, 0.25) is 5.95 Å². The molecule has 194 valence electrons. The van der Waals surface area contributed by atoms with E-state index in [1.54, 1.807) is 26.1 Å². The molecule has 0 unspecified atom stereocenters. The molecule has 0 amide bonds. The molecule has 7 nitrogen and oxygen atoms in total. The van der Waals surface area contributed by atoms with Crippen molar-refractivity contribution in [2.45, 2.75) is 54.5 Å². The molecular formula is C27H42FN5O2. The van der Waals surface area contributed by atoms with Crippen LogP contribution in [0.4, 0.5) is 10.3 Å². The van der Waals surface area contributed by atoms with Crippen molar-refractivity contribution in [2.75, 3.05) is 51.3 Å². The number of aromatic nitrogens is 2. The molecule has 1 aliphatic heterocycles. The predicted molar refractivity (Wildman–Crippen MR) is 142 cm³/mol. The maximum Gasteiger partial charge on any atom is 0.255 e. The molecule has 0 bridgehead atoms. The van der Waals surface area contributed by atoms with E-state index >= 15 is 0 Å². The van der Waals surface area contributed by atoms with Gasteiger partial charge in [0.15, 0.2) is 0 Å². The number of ether oxygens (including phenoxy) is 1. The van der Waals surface area contributed by atoms with E-state index in [-0.39, 0.29) is 16.8 Å². The lowest BCUT2D eigenvalue weighted by Gasteiger charge is -2.29. The molecule has 1 saturated heterocycles. The highest BCUT2D eigenvalue weighted by atomic mass is 19.1. The van der Waals surface area contributed by atoms with Gasteiger partial charge in [0.1, 0.15) is 5.82 Å². The minimum atomic E-state index is -0.268. The van der Waals surface area contributed by atoms with Gasteiger partial charge in [-0.3, -0.25) is 19.7 Å². The number of H-pyrrole nitrogens is 1. The molecule has 0 aliphatic carbocycles. The average molecular weight is 488 g/mol. The van der Waals surface area contributed by atoms with Gasteiger partial charge >= 0.3 is 0 Å². The van der Waals surface area contributed by atoms with Gasteiger partial charge in [0.25, 0.3) is 5.56 Å². The summed E-state index contributed by atoms with van der Waals surface area (Å²) < 4.78 is 18.9. The van der Waals surface area contributed by atoms with E-state index in [1.807, 2.05) is 13.8 Å². The van der Waals surface area contributed by atoms with Gasteiger partial charge in [0.05, 0.1) is 24.6 Å². The number of benzene rings is 1. The number of aromatic amines is 1. The van der Waals surface area contributed by atoms with Crippen LogP contribution in [0, 0.1) is 18.2 Å². The molecule has 2 heterocycles. The first kappa shape index (κ1) is 28.7. The maximum absolute atomic E-state index is 13.4. The Kier molecular flexibility index (Phi) is 11.0. The van der Waals surface area contributed by atoms with Gasteiger partial charge in [-0.25, -0.2) is 9.37 Å². The number of morpholine rings is 1. The van der Waals surface area contributed by atoms with Gasteiger partial charge in [-0.1, -0.05) is 46.8 Å². The number of hydrogen-bond donors (Lipinski definition) is 1. The molecule has 1 N–H and O–H groups in total. The summed E-state index contributed by atoms with van der Waals surface area (Å²) in [6.07, 6.45) is 0.905. The van der Waals surface area contributed by atoms with Crippen LogP contribution in [0.25, 0.3) is 0 Å². The SMILES string of the molecule is CC.CN=C(c1nc(N(CCCN2CCOCC2)Cc2ccc(F)cc2)[nH]c(=O)c1C)C(C)(C)C. The summed E-state index contributed by atoms with van der Waals surface area (Å²) in [4.78, 5) is 29.6. The largest absolute Gasteiger partial charge is 0.379 e. The molecule has 3 rings (SSSR count). The zero-order chi connectivity index (χ0) is 26.0. The van der Waals surface area contributed by atoms with Crippen LogP contribution in [-0.2, 0) is 11.3 Å². The quantitative estimate of drug-likeness (QED) is 0.558. The lowest BCUT2D eigenvalue weighted by Crippen LogP contribution is -2.38. The van der Waals surface area contributed by atoms with Crippen molar-refractivity contribution in [3.05, 3.63) is 57.3 Å². The number of anilines is 1. The van der Waals surface area contributed by atoms with Crippen LogP contribution in [-0.4, -0.2) is 67.0 Å². The summed E-state index contributed by atoms with van der Waals surface area (Å²) in [6.45, 7) is 17.5. The second kappa shape index (κ2) is 13.5. The van der Waals surface area contributed by atoms with E-state index < -0.39 is 0 Å². The number of hydrogen-bond acceptors (Lipinski definition) is 6. The molecule has 1 aromatic carbocycles. The Hall–Kier alpha value is -2.58. The van der Waals surface area contributed by atoms with Crippen LogP contribution in [0.2, 0.25) is 0 Å².